The molecule has 2 fully saturated rings. The van der Waals surface area contributed by atoms with E-state index in [0.29, 0.717) is 18.3 Å². The Labute approximate surface area is 126 Å². The number of anilines is 1. The van der Waals surface area contributed by atoms with Crippen LogP contribution in [0.3, 0.4) is 0 Å². The normalized spacial score (nSPS) is 23.9. The first kappa shape index (κ1) is 14.8. The molecule has 1 unspecified atom stereocenters. The van der Waals surface area contributed by atoms with Gasteiger partial charge in [0.2, 0.25) is 0 Å². The molecule has 1 saturated heterocycles. The fourth-order valence-corrected chi connectivity index (χ4v) is 4.29. The average Bonchev–Trinajstić information content (AvgIpc) is 3.30. The van der Waals surface area contributed by atoms with E-state index < -0.39 is 10.2 Å². The molecule has 2 aliphatic rings. The molecule has 1 aromatic rings. The molecule has 0 amide bonds. The Morgan fingerprint density at radius 2 is 1.86 bits per heavy atom. The fourth-order valence-electron chi connectivity index (χ4n) is 2.80. The molecule has 1 aliphatic carbocycles. The van der Waals surface area contributed by atoms with Gasteiger partial charge in [0.1, 0.15) is 0 Å². The molecular formula is C15H23N3O2S. The smallest absolute Gasteiger partial charge is 0.301 e. The summed E-state index contributed by atoms with van der Waals surface area (Å²) in [6, 6.07) is 9.78. The van der Waals surface area contributed by atoms with E-state index in [1.165, 1.54) is 12.8 Å². The Morgan fingerprint density at radius 1 is 1.10 bits per heavy atom. The number of para-hydroxylation sites is 1. The number of hydrogen-bond donors (Lipinski definition) is 2. The van der Waals surface area contributed by atoms with Crippen molar-refractivity contribution < 1.29 is 8.42 Å². The Morgan fingerprint density at radius 3 is 2.57 bits per heavy atom. The molecule has 2 N–H and O–H groups in total. The molecule has 116 valence electrons. The van der Waals surface area contributed by atoms with Crippen LogP contribution < -0.4 is 10.0 Å². The summed E-state index contributed by atoms with van der Waals surface area (Å²) >= 11 is 0. The van der Waals surface area contributed by atoms with Crippen molar-refractivity contribution in [3.05, 3.63) is 30.3 Å². The molecular weight excluding hydrogens is 286 g/mol. The zero-order valence-corrected chi connectivity index (χ0v) is 13.0. The summed E-state index contributed by atoms with van der Waals surface area (Å²) in [7, 11) is -3.47. The molecule has 5 nitrogen and oxygen atoms in total. The van der Waals surface area contributed by atoms with Crippen LogP contribution in [-0.2, 0) is 10.2 Å². The van der Waals surface area contributed by atoms with Crippen molar-refractivity contribution in [1.29, 1.82) is 0 Å². The predicted molar refractivity (Wildman–Crippen MR) is 84.4 cm³/mol. The second-order valence-corrected chi connectivity index (χ2v) is 7.54. The maximum atomic E-state index is 12.6. The molecule has 1 heterocycles. The summed E-state index contributed by atoms with van der Waals surface area (Å²) in [4.78, 5) is 0. The summed E-state index contributed by atoms with van der Waals surface area (Å²) in [5.41, 5.74) is 0.622. The van der Waals surface area contributed by atoms with Gasteiger partial charge in [-0.15, -0.1) is 0 Å². The molecule has 1 aromatic carbocycles. The van der Waals surface area contributed by atoms with Gasteiger partial charge < -0.3 is 5.32 Å². The number of rotatable bonds is 6. The van der Waals surface area contributed by atoms with E-state index in [2.05, 4.69) is 10.0 Å². The van der Waals surface area contributed by atoms with E-state index in [1.807, 2.05) is 18.2 Å². The molecule has 0 spiro atoms. The van der Waals surface area contributed by atoms with Gasteiger partial charge in [0.15, 0.2) is 0 Å². The number of nitrogens with one attached hydrogen (secondary N) is 2. The third-order valence-electron chi connectivity index (χ3n) is 4.12. The number of nitrogens with zero attached hydrogens (tertiary/aromatic N) is 1. The fraction of sp³-hybridized carbons (Fsp3) is 0.600. The molecule has 1 saturated carbocycles. The second kappa shape index (κ2) is 6.34. The second-order valence-electron chi connectivity index (χ2n) is 5.92. The maximum Gasteiger partial charge on any atom is 0.301 e. The van der Waals surface area contributed by atoms with Gasteiger partial charge in [0.05, 0.1) is 0 Å². The highest BCUT2D eigenvalue weighted by Crippen LogP contribution is 2.24. The first-order valence-corrected chi connectivity index (χ1v) is 9.17. The number of benzene rings is 1. The minimum absolute atomic E-state index is 0.0700. The minimum atomic E-state index is -3.47. The quantitative estimate of drug-likeness (QED) is 0.844. The van der Waals surface area contributed by atoms with Crippen LogP contribution >= 0.6 is 0 Å². The van der Waals surface area contributed by atoms with Crippen molar-refractivity contribution in [3.8, 4) is 0 Å². The summed E-state index contributed by atoms with van der Waals surface area (Å²) < 4.78 is 29.6. The molecule has 1 aliphatic heterocycles. The van der Waals surface area contributed by atoms with Gasteiger partial charge >= 0.3 is 10.2 Å². The Hall–Kier alpha value is -1.11. The lowest BCUT2D eigenvalue weighted by Crippen LogP contribution is -2.50. The lowest BCUT2D eigenvalue weighted by Gasteiger charge is -2.34. The van der Waals surface area contributed by atoms with Gasteiger partial charge in [0, 0.05) is 30.9 Å². The van der Waals surface area contributed by atoms with Crippen LogP contribution in [0.25, 0.3) is 0 Å². The molecule has 0 radical (unpaired) electrons. The van der Waals surface area contributed by atoms with Gasteiger partial charge in [-0.1, -0.05) is 24.6 Å². The van der Waals surface area contributed by atoms with Crippen LogP contribution in [0.2, 0.25) is 0 Å². The van der Waals surface area contributed by atoms with Crippen LogP contribution in [0.5, 0.6) is 0 Å². The standard InChI is InChI=1S/C15H23N3O2S/c19-21(20,17-14-6-2-1-3-7-14)18-11-5-4-8-15(18)12-16-13-9-10-13/h1-3,6-7,13,15-17H,4-5,8-12H2. The molecule has 0 bridgehead atoms. The van der Waals surface area contributed by atoms with Crippen LogP contribution in [0.4, 0.5) is 5.69 Å². The summed E-state index contributed by atoms with van der Waals surface area (Å²) in [6.07, 6.45) is 5.43. The maximum absolute atomic E-state index is 12.6. The van der Waals surface area contributed by atoms with Crippen molar-refractivity contribution in [3.63, 3.8) is 0 Å². The van der Waals surface area contributed by atoms with Crippen molar-refractivity contribution >= 4 is 15.9 Å². The largest absolute Gasteiger partial charge is 0.312 e. The monoisotopic (exact) mass is 309 g/mol. The van der Waals surface area contributed by atoms with Crippen molar-refractivity contribution in [2.75, 3.05) is 17.8 Å². The molecule has 0 aromatic heterocycles. The molecule has 21 heavy (non-hydrogen) atoms. The van der Waals surface area contributed by atoms with Gasteiger partial charge in [-0.2, -0.15) is 12.7 Å². The molecule has 1 atom stereocenters. The van der Waals surface area contributed by atoms with E-state index in [0.717, 1.165) is 25.8 Å². The van der Waals surface area contributed by atoms with Crippen molar-refractivity contribution in [2.24, 2.45) is 0 Å². The van der Waals surface area contributed by atoms with Crippen LogP contribution in [0, 0.1) is 0 Å². The topological polar surface area (TPSA) is 61.4 Å². The first-order valence-electron chi connectivity index (χ1n) is 7.73. The van der Waals surface area contributed by atoms with Gasteiger partial charge in [0.25, 0.3) is 0 Å². The van der Waals surface area contributed by atoms with Crippen molar-refractivity contribution in [2.45, 2.75) is 44.2 Å². The van der Waals surface area contributed by atoms with Crippen molar-refractivity contribution in [1.82, 2.24) is 9.62 Å². The molecule has 6 heteroatoms. The third-order valence-corrected chi connectivity index (χ3v) is 5.71. The Balaban J connectivity index is 1.68. The van der Waals surface area contributed by atoms with Gasteiger partial charge in [-0.3, -0.25) is 4.72 Å². The highest BCUT2D eigenvalue weighted by molar-refractivity contribution is 7.90. The SMILES string of the molecule is O=S(=O)(Nc1ccccc1)N1CCCCC1CNC1CC1. The Bertz CT molecular complexity index is 558. The molecule has 3 rings (SSSR count). The minimum Gasteiger partial charge on any atom is -0.312 e. The van der Waals surface area contributed by atoms with Gasteiger partial charge in [-0.25, -0.2) is 0 Å². The predicted octanol–water partition coefficient (Wildman–Crippen LogP) is 1.95. The van der Waals surface area contributed by atoms with E-state index in [4.69, 9.17) is 0 Å². The zero-order chi connectivity index (χ0) is 14.7. The number of hydrogen-bond acceptors (Lipinski definition) is 3. The summed E-state index contributed by atoms with van der Waals surface area (Å²) in [6.45, 7) is 1.37. The zero-order valence-electron chi connectivity index (χ0n) is 12.2. The highest BCUT2D eigenvalue weighted by Gasteiger charge is 2.33. The first-order chi connectivity index (χ1) is 10.1. The number of piperidine rings is 1. The van der Waals surface area contributed by atoms with Crippen LogP contribution in [-0.4, -0.2) is 37.9 Å². The third kappa shape index (κ3) is 3.96. The Kier molecular flexibility index (Phi) is 4.47. The van der Waals surface area contributed by atoms with E-state index >= 15 is 0 Å². The van der Waals surface area contributed by atoms with E-state index in [-0.39, 0.29) is 6.04 Å². The lowest BCUT2D eigenvalue weighted by atomic mass is 10.1. The summed E-state index contributed by atoms with van der Waals surface area (Å²) in [5, 5.41) is 3.46. The summed E-state index contributed by atoms with van der Waals surface area (Å²) in [5.74, 6) is 0. The highest BCUT2D eigenvalue weighted by atomic mass is 32.2. The van der Waals surface area contributed by atoms with Crippen LogP contribution in [0.1, 0.15) is 32.1 Å². The average molecular weight is 309 g/mol. The van der Waals surface area contributed by atoms with E-state index in [9.17, 15) is 8.42 Å². The van der Waals surface area contributed by atoms with Gasteiger partial charge in [-0.05, 0) is 37.8 Å². The van der Waals surface area contributed by atoms with Crippen LogP contribution in [0.15, 0.2) is 30.3 Å². The lowest BCUT2D eigenvalue weighted by molar-refractivity contribution is 0.246. The van der Waals surface area contributed by atoms with E-state index in [1.54, 1.807) is 16.4 Å².